The first kappa shape index (κ1) is 24.8. The summed E-state index contributed by atoms with van der Waals surface area (Å²) in [6.45, 7) is 7.12. The van der Waals surface area contributed by atoms with Gasteiger partial charge in [-0.2, -0.15) is 0 Å². The molecule has 34 heavy (non-hydrogen) atoms. The summed E-state index contributed by atoms with van der Waals surface area (Å²) in [7, 11) is 0. The van der Waals surface area contributed by atoms with E-state index in [1.165, 1.54) is 0 Å². The van der Waals surface area contributed by atoms with Crippen LogP contribution >= 0.6 is 47.0 Å². The van der Waals surface area contributed by atoms with E-state index in [1.54, 1.807) is 36.4 Å². The van der Waals surface area contributed by atoms with Gasteiger partial charge in [0.05, 0.1) is 20.8 Å². The lowest BCUT2D eigenvalue weighted by Crippen LogP contribution is -2.46. The minimum Gasteiger partial charge on any atom is -0.451 e. The van der Waals surface area contributed by atoms with E-state index in [2.05, 4.69) is 27.4 Å². The third-order valence-corrected chi connectivity index (χ3v) is 6.97. The molecule has 1 aromatic heterocycles. The van der Waals surface area contributed by atoms with E-state index in [4.69, 9.17) is 51.4 Å². The van der Waals surface area contributed by atoms with Crippen LogP contribution in [0, 0.1) is 0 Å². The van der Waals surface area contributed by atoms with Crippen LogP contribution in [0.5, 0.6) is 0 Å². The predicted octanol–water partition coefficient (Wildman–Crippen LogP) is 6.18. The van der Waals surface area contributed by atoms with Crippen molar-refractivity contribution in [2.75, 3.05) is 42.9 Å². The fraction of sp³-hybridized carbons (Fsp3) is 0.250. The molecule has 1 amide bonds. The Morgan fingerprint density at radius 3 is 2.50 bits per heavy atom. The standard InChI is InChI=1S/C24H23Cl3N4O2S/c1-2-30-10-12-31(13-11-30)19-7-6-15(14-18(19)26)28-24(34)29-23(32)21-9-8-20(33-21)16-4-3-5-17(25)22(16)27/h3-9,14H,2,10-13H2,1H3,(H2,28,29,32,34). The fourth-order valence-corrected chi connectivity index (χ4v) is 4.68. The summed E-state index contributed by atoms with van der Waals surface area (Å²) in [5, 5.41) is 7.12. The van der Waals surface area contributed by atoms with Gasteiger partial charge in [-0.05, 0) is 61.2 Å². The number of rotatable bonds is 5. The quantitative estimate of drug-likeness (QED) is 0.379. The zero-order chi connectivity index (χ0) is 24.2. The van der Waals surface area contributed by atoms with Crippen LogP contribution in [0.4, 0.5) is 11.4 Å². The Hall–Kier alpha value is -2.29. The Morgan fingerprint density at radius 1 is 1.03 bits per heavy atom. The second-order valence-corrected chi connectivity index (χ2v) is 9.36. The van der Waals surface area contributed by atoms with Crippen molar-refractivity contribution in [2.45, 2.75) is 6.92 Å². The van der Waals surface area contributed by atoms with E-state index in [-0.39, 0.29) is 10.9 Å². The largest absolute Gasteiger partial charge is 0.451 e. The summed E-state index contributed by atoms with van der Waals surface area (Å²) in [4.78, 5) is 17.3. The molecule has 2 heterocycles. The molecule has 1 aliphatic heterocycles. The topological polar surface area (TPSA) is 60.8 Å². The molecular formula is C24H23Cl3N4O2S. The zero-order valence-corrected chi connectivity index (χ0v) is 21.5. The van der Waals surface area contributed by atoms with Crippen LogP contribution in [0.3, 0.4) is 0 Å². The molecular weight excluding hydrogens is 515 g/mol. The molecule has 0 saturated carbocycles. The molecule has 0 unspecified atom stereocenters. The van der Waals surface area contributed by atoms with Crippen LogP contribution in [-0.2, 0) is 0 Å². The van der Waals surface area contributed by atoms with Crippen molar-refractivity contribution < 1.29 is 9.21 Å². The lowest BCUT2D eigenvalue weighted by atomic mass is 10.2. The maximum atomic E-state index is 12.6. The number of nitrogens with one attached hydrogen (secondary N) is 2. The number of anilines is 2. The Bertz CT molecular complexity index is 1210. The summed E-state index contributed by atoms with van der Waals surface area (Å²) in [5.74, 6) is 0.0341. The highest BCUT2D eigenvalue weighted by atomic mass is 35.5. The van der Waals surface area contributed by atoms with Gasteiger partial charge in [-0.25, -0.2) is 0 Å². The molecule has 0 atom stereocenters. The maximum Gasteiger partial charge on any atom is 0.293 e. The molecule has 2 N–H and O–H groups in total. The fourth-order valence-electron chi connectivity index (χ4n) is 3.77. The van der Waals surface area contributed by atoms with Crippen LogP contribution in [0.15, 0.2) is 52.9 Å². The Kier molecular flexibility index (Phi) is 8.01. The number of hydrogen-bond acceptors (Lipinski definition) is 5. The highest BCUT2D eigenvalue weighted by Crippen LogP contribution is 2.34. The molecule has 1 aliphatic rings. The SMILES string of the molecule is CCN1CCN(c2ccc(NC(=S)NC(=O)c3ccc(-c4cccc(Cl)c4Cl)o3)cc2Cl)CC1. The minimum atomic E-state index is -0.488. The third-order valence-electron chi connectivity index (χ3n) is 5.64. The van der Waals surface area contributed by atoms with Crippen molar-refractivity contribution in [3.05, 3.63) is 69.4 Å². The Labute approximate surface area is 218 Å². The van der Waals surface area contributed by atoms with E-state index in [1.807, 2.05) is 12.1 Å². The lowest BCUT2D eigenvalue weighted by Gasteiger charge is -2.36. The van der Waals surface area contributed by atoms with Gasteiger partial charge in [0.2, 0.25) is 0 Å². The molecule has 10 heteroatoms. The van der Waals surface area contributed by atoms with Gasteiger partial charge < -0.3 is 19.5 Å². The van der Waals surface area contributed by atoms with Crippen LogP contribution in [0.25, 0.3) is 11.3 Å². The van der Waals surface area contributed by atoms with Gasteiger partial charge in [0.1, 0.15) is 5.76 Å². The van der Waals surface area contributed by atoms with E-state index in [0.29, 0.717) is 32.1 Å². The number of likely N-dealkylation sites (N-methyl/N-ethyl adjacent to an activating group) is 1. The molecule has 0 aliphatic carbocycles. The number of halogens is 3. The van der Waals surface area contributed by atoms with Gasteiger partial charge in [0.15, 0.2) is 10.9 Å². The molecule has 2 aromatic carbocycles. The monoisotopic (exact) mass is 536 g/mol. The Morgan fingerprint density at radius 2 is 1.79 bits per heavy atom. The van der Waals surface area contributed by atoms with E-state index < -0.39 is 5.91 Å². The third kappa shape index (κ3) is 5.67. The average Bonchev–Trinajstić information content (AvgIpc) is 3.31. The lowest BCUT2D eigenvalue weighted by molar-refractivity contribution is 0.0951. The van der Waals surface area contributed by atoms with Crippen molar-refractivity contribution in [2.24, 2.45) is 0 Å². The van der Waals surface area contributed by atoms with Gasteiger partial charge >= 0.3 is 0 Å². The molecule has 1 saturated heterocycles. The smallest absolute Gasteiger partial charge is 0.293 e. The first-order valence-electron chi connectivity index (χ1n) is 10.8. The number of thiocarbonyl (C=S) groups is 1. The maximum absolute atomic E-state index is 12.6. The number of benzene rings is 2. The van der Waals surface area contributed by atoms with Gasteiger partial charge in [0, 0.05) is 37.4 Å². The predicted molar refractivity (Wildman–Crippen MR) is 144 cm³/mol. The number of hydrogen-bond donors (Lipinski definition) is 2. The van der Waals surface area contributed by atoms with Crippen molar-refractivity contribution in [1.82, 2.24) is 10.2 Å². The second-order valence-electron chi connectivity index (χ2n) is 7.76. The zero-order valence-electron chi connectivity index (χ0n) is 18.4. The molecule has 0 radical (unpaired) electrons. The van der Waals surface area contributed by atoms with Crippen molar-refractivity contribution in [1.29, 1.82) is 0 Å². The normalized spacial score (nSPS) is 14.2. The highest BCUT2D eigenvalue weighted by Gasteiger charge is 2.19. The summed E-state index contributed by atoms with van der Waals surface area (Å²) >= 11 is 24.1. The number of furan rings is 1. The van der Waals surface area contributed by atoms with Gasteiger partial charge in [-0.3, -0.25) is 10.1 Å². The number of piperazine rings is 1. The van der Waals surface area contributed by atoms with Crippen molar-refractivity contribution in [3.63, 3.8) is 0 Å². The number of nitrogens with zero attached hydrogens (tertiary/aromatic N) is 2. The number of carbonyl (C=O) groups is 1. The van der Waals surface area contributed by atoms with E-state index in [0.717, 1.165) is 38.4 Å². The molecule has 3 aromatic rings. The van der Waals surface area contributed by atoms with Crippen molar-refractivity contribution >= 4 is 69.4 Å². The van der Waals surface area contributed by atoms with Gasteiger partial charge in [0.25, 0.3) is 5.91 Å². The summed E-state index contributed by atoms with van der Waals surface area (Å²) < 4.78 is 5.66. The highest BCUT2D eigenvalue weighted by molar-refractivity contribution is 7.80. The molecule has 178 valence electrons. The van der Waals surface area contributed by atoms with Gasteiger partial charge in [-0.1, -0.05) is 47.8 Å². The molecule has 4 rings (SSSR count). The van der Waals surface area contributed by atoms with E-state index >= 15 is 0 Å². The van der Waals surface area contributed by atoms with Crippen LogP contribution in [0.2, 0.25) is 15.1 Å². The average molecular weight is 538 g/mol. The van der Waals surface area contributed by atoms with E-state index in [9.17, 15) is 4.79 Å². The van der Waals surface area contributed by atoms with Crippen LogP contribution < -0.4 is 15.5 Å². The van der Waals surface area contributed by atoms with Crippen molar-refractivity contribution in [3.8, 4) is 11.3 Å². The number of carbonyl (C=O) groups excluding carboxylic acids is 1. The first-order valence-corrected chi connectivity index (χ1v) is 12.3. The molecule has 1 fully saturated rings. The van der Waals surface area contributed by atoms with Gasteiger partial charge in [-0.15, -0.1) is 0 Å². The molecule has 6 nitrogen and oxygen atoms in total. The molecule has 0 bridgehead atoms. The summed E-state index contributed by atoms with van der Waals surface area (Å²) in [6, 6.07) is 14.1. The number of amides is 1. The van der Waals surface area contributed by atoms with Crippen LogP contribution in [-0.4, -0.2) is 48.6 Å². The summed E-state index contributed by atoms with van der Waals surface area (Å²) in [6.07, 6.45) is 0. The second kappa shape index (κ2) is 11.0. The molecule has 0 spiro atoms. The summed E-state index contributed by atoms with van der Waals surface area (Å²) in [5.41, 5.74) is 2.26. The first-order chi connectivity index (χ1) is 16.4. The van der Waals surface area contributed by atoms with Crippen LogP contribution in [0.1, 0.15) is 17.5 Å². The Balaban J connectivity index is 1.36. The minimum absolute atomic E-state index is 0.0924.